The molecule has 1 heterocycles. The smallest absolute Gasteiger partial charge is 0.110 e. The van der Waals surface area contributed by atoms with E-state index in [1.54, 1.807) is 18.3 Å². The van der Waals surface area contributed by atoms with Gasteiger partial charge in [0.1, 0.15) is 6.61 Å². The van der Waals surface area contributed by atoms with Gasteiger partial charge >= 0.3 is 0 Å². The van der Waals surface area contributed by atoms with Crippen molar-refractivity contribution in [3.63, 3.8) is 0 Å². The zero-order valence-corrected chi connectivity index (χ0v) is 5.82. The van der Waals surface area contributed by atoms with Crippen LogP contribution in [0.25, 0.3) is 0 Å². The fraction of sp³-hybridized carbons (Fsp3) is 0.143. The highest BCUT2D eigenvalue weighted by Crippen LogP contribution is 1.99. The van der Waals surface area contributed by atoms with Gasteiger partial charge in [0.2, 0.25) is 0 Å². The van der Waals surface area contributed by atoms with Crippen molar-refractivity contribution in [1.82, 2.24) is 4.98 Å². The molecule has 11 heavy (non-hydrogen) atoms. The predicted octanol–water partition coefficient (Wildman–Crippen LogP) is 0.344. The number of nitrogens with two attached hydrogens (primary N) is 1. The highest BCUT2D eigenvalue weighted by molar-refractivity contribution is 5.28. The van der Waals surface area contributed by atoms with Crippen LogP contribution in [0.5, 0.6) is 0 Å². The molecule has 0 atom stereocenters. The van der Waals surface area contributed by atoms with Crippen LogP contribution in [0.4, 0.5) is 0 Å². The number of rotatable bonds is 2. The van der Waals surface area contributed by atoms with Crippen molar-refractivity contribution in [3.8, 4) is 6.07 Å². The first-order valence-corrected chi connectivity index (χ1v) is 3.03. The molecule has 0 saturated carbocycles. The molecule has 56 valence electrons. The predicted molar refractivity (Wildman–Crippen MR) is 37.9 cm³/mol. The molecular formula is C7H7N3O. The summed E-state index contributed by atoms with van der Waals surface area (Å²) in [5, 5.41) is 8.48. The van der Waals surface area contributed by atoms with Gasteiger partial charge in [-0.05, 0) is 12.1 Å². The van der Waals surface area contributed by atoms with Crippen LogP contribution in [-0.4, -0.2) is 4.98 Å². The first-order chi connectivity index (χ1) is 5.36. The normalized spacial score (nSPS) is 9.09. The SMILES string of the molecule is N#Cc1ccnc(CON)c1. The second-order valence-electron chi connectivity index (χ2n) is 1.96. The van der Waals surface area contributed by atoms with Gasteiger partial charge in [0.15, 0.2) is 0 Å². The van der Waals surface area contributed by atoms with Crippen LogP contribution in [0, 0.1) is 11.3 Å². The van der Waals surface area contributed by atoms with Crippen LogP contribution in [0.1, 0.15) is 11.3 Å². The average Bonchev–Trinajstić information content (AvgIpc) is 2.06. The van der Waals surface area contributed by atoms with Crippen molar-refractivity contribution in [2.75, 3.05) is 0 Å². The van der Waals surface area contributed by atoms with Crippen LogP contribution in [-0.2, 0) is 11.4 Å². The summed E-state index contributed by atoms with van der Waals surface area (Å²) in [4.78, 5) is 8.28. The molecule has 4 heteroatoms. The third kappa shape index (κ3) is 2.00. The second kappa shape index (κ2) is 3.66. The second-order valence-corrected chi connectivity index (χ2v) is 1.96. The molecule has 0 spiro atoms. The summed E-state index contributed by atoms with van der Waals surface area (Å²) in [6.45, 7) is 0.232. The van der Waals surface area contributed by atoms with Gasteiger partial charge in [-0.25, -0.2) is 5.90 Å². The summed E-state index contributed by atoms with van der Waals surface area (Å²) in [5.74, 6) is 4.83. The minimum Gasteiger partial charge on any atom is -0.298 e. The number of hydrogen-bond donors (Lipinski definition) is 1. The Balaban J connectivity index is 2.85. The summed E-state index contributed by atoms with van der Waals surface area (Å²) >= 11 is 0. The number of pyridine rings is 1. The summed E-state index contributed by atoms with van der Waals surface area (Å²) in [5.41, 5.74) is 1.22. The van der Waals surface area contributed by atoms with Gasteiger partial charge in [-0.2, -0.15) is 5.26 Å². The Morgan fingerprint density at radius 1 is 1.73 bits per heavy atom. The van der Waals surface area contributed by atoms with E-state index in [1.165, 1.54) is 0 Å². The van der Waals surface area contributed by atoms with Gasteiger partial charge in [0, 0.05) is 6.20 Å². The number of nitrogens with zero attached hydrogens (tertiary/aromatic N) is 2. The monoisotopic (exact) mass is 149 g/mol. The molecule has 1 aromatic rings. The molecule has 0 radical (unpaired) electrons. The van der Waals surface area contributed by atoms with Crippen LogP contribution >= 0.6 is 0 Å². The molecule has 0 aliphatic heterocycles. The molecule has 1 aromatic heterocycles. The van der Waals surface area contributed by atoms with Gasteiger partial charge in [-0.1, -0.05) is 0 Å². The third-order valence-electron chi connectivity index (χ3n) is 1.18. The molecule has 0 fully saturated rings. The Labute approximate surface area is 64.2 Å². The molecule has 0 aliphatic carbocycles. The summed E-state index contributed by atoms with van der Waals surface area (Å²) in [7, 11) is 0. The maximum atomic E-state index is 8.48. The molecule has 0 unspecified atom stereocenters. The first kappa shape index (κ1) is 7.66. The largest absolute Gasteiger partial charge is 0.298 e. The third-order valence-corrected chi connectivity index (χ3v) is 1.18. The highest BCUT2D eigenvalue weighted by atomic mass is 16.6. The van der Waals surface area contributed by atoms with Crippen LogP contribution in [0.15, 0.2) is 18.3 Å². The minimum absolute atomic E-state index is 0.232. The molecule has 0 amide bonds. The van der Waals surface area contributed by atoms with Crippen molar-refractivity contribution in [2.45, 2.75) is 6.61 Å². The van der Waals surface area contributed by atoms with E-state index in [0.717, 1.165) is 0 Å². The van der Waals surface area contributed by atoms with E-state index in [1.807, 2.05) is 6.07 Å². The zero-order chi connectivity index (χ0) is 8.10. The topological polar surface area (TPSA) is 71.9 Å². The standard InChI is InChI=1S/C7H7N3O/c8-4-6-1-2-10-7(3-6)5-11-9/h1-3H,5,9H2. The molecule has 0 aromatic carbocycles. The Morgan fingerprint density at radius 2 is 2.55 bits per heavy atom. The van der Waals surface area contributed by atoms with E-state index in [0.29, 0.717) is 11.3 Å². The van der Waals surface area contributed by atoms with Crippen LogP contribution < -0.4 is 5.90 Å². The molecule has 0 bridgehead atoms. The minimum atomic E-state index is 0.232. The number of nitriles is 1. The Hall–Kier alpha value is -1.44. The summed E-state index contributed by atoms with van der Waals surface area (Å²) in [6, 6.07) is 5.25. The zero-order valence-electron chi connectivity index (χ0n) is 5.82. The van der Waals surface area contributed by atoms with E-state index in [4.69, 9.17) is 11.2 Å². The van der Waals surface area contributed by atoms with Gasteiger partial charge in [0.25, 0.3) is 0 Å². The Bertz CT molecular complexity index is 279. The molecule has 1 rings (SSSR count). The summed E-state index contributed by atoms with van der Waals surface area (Å²) in [6.07, 6.45) is 1.55. The lowest BCUT2D eigenvalue weighted by molar-refractivity contribution is 0.121. The van der Waals surface area contributed by atoms with Gasteiger partial charge in [-0.3, -0.25) is 9.82 Å². The fourth-order valence-electron chi connectivity index (χ4n) is 0.712. The maximum Gasteiger partial charge on any atom is 0.110 e. The summed E-state index contributed by atoms with van der Waals surface area (Å²) < 4.78 is 0. The quantitative estimate of drug-likeness (QED) is 0.615. The van der Waals surface area contributed by atoms with Crippen LogP contribution in [0.3, 0.4) is 0 Å². The average molecular weight is 149 g/mol. The van der Waals surface area contributed by atoms with E-state index in [-0.39, 0.29) is 6.61 Å². The van der Waals surface area contributed by atoms with E-state index in [2.05, 4.69) is 9.82 Å². The maximum absolute atomic E-state index is 8.48. The van der Waals surface area contributed by atoms with Crippen LogP contribution in [0.2, 0.25) is 0 Å². The van der Waals surface area contributed by atoms with Crippen molar-refractivity contribution in [3.05, 3.63) is 29.6 Å². The van der Waals surface area contributed by atoms with Crippen molar-refractivity contribution < 1.29 is 4.84 Å². The van der Waals surface area contributed by atoms with E-state index >= 15 is 0 Å². The van der Waals surface area contributed by atoms with Gasteiger partial charge in [-0.15, -0.1) is 0 Å². The first-order valence-electron chi connectivity index (χ1n) is 3.03. The lowest BCUT2D eigenvalue weighted by Gasteiger charge is -1.96. The fourth-order valence-corrected chi connectivity index (χ4v) is 0.712. The van der Waals surface area contributed by atoms with Crippen molar-refractivity contribution in [2.24, 2.45) is 5.90 Å². The van der Waals surface area contributed by atoms with Crippen molar-refractivity contribution in [1.29, 1.82) is 5.26 Å². The number of aromatic nitrogens is 1. The van der Waals surface area contributed by atoms with E-state index in [9.17, 15) is 0 Å². The highest BCUT2D eigenvalue weighted by Gasteiger charge is 1.94. The van der Waals surface area contributed by atoms with Gasteiger partial charge < -0.3 is 0 Å². The molecule has 4 nitrogen and oxygen atoms in total. The van der Waals surface area contributed by atoms with Crippen molar-refractivity contribution >= 4 is 0 Å². The lowest BCUT2D eigenvalue weighted by atomic mass is 10.2. The molecule has 0 saturated heterocycles. The Kier molecular flexibility index (Phi) is 2.55. The Morgan fingerprint density at radius 3 is 3.18 bits per heavy atom. The lowest BCUT2D eigenvalue weighted by Crippen LogP contribution is -2.00. The number of hydrogen-bond acceptors (Lipinski definition) is 4. The molecule has 0 aliphatic rings. The van der Waals surface area contributed by atoms with Gasteiger partial charge in [0.05, 0.1) is 17.3 Å². The molecular weight excluding hydrogens is 142 g/mol. The molecule has 2 N–H and O–H groups in total. The van der Waals surface area contributed by atoms with E-state index < -0.39 is 0 Å².